The topological polar surface area (TPSA) is 83.8 Å². The second-order valence-corrected chi connectivity index (χ2v) is 5.87. The normalized spacial score (nSPS) is 13.5. The SMILES string of the molecule is C[C@@H](c1ccccc1)n1c(=O)[nH]c2ncc(C(C)(C)O)nc21. The fraction of sp³-hybridized carbons (Fsp3) is 0.312. The van der Waals surface area contributed by atoms with E-state index in [1.54, 1.807) is 18.4 Å². The Bertz CT molecular complexity index is 859. The van der Waals surface area contributed by atoms with Gasteiger partial charge in [-0.05, 0) is 26.3 Å². The Morgan fingerprint density at radius 1 is 1.27 bits per heavy atom. The lowest BCUT2D eigenvalue weighted by molar-refractivity contribution is 0.0737. The summed E-state index contributed by atoms with van der Waals surface area (Å²) in [5.74, 6) is 0. The van der Waals surface area contributed by atoms with Crippen molar-refractivity contribution >= 4 is 11.3 Å². The summed E-state index contributed by atoms with van der Waals surface area (Å²) in [5.41, 5.74) is 0.907. The Labute approximate surface area is 127 Å². The summed E-state index contributed by atoms with van der Waals surface area (Å²) in [4.78, 5) is 23.6. The molecule has 0 aliphatic heterocycles. The molecule has 3 rings (SSSR count). The predicted octanol–water partition coefficient (Wildman–Crippen LogP) is 1.96. The van der Waals surface area contributed by atoms with E-state index in [-0.39, 0.29) is 11.7 Å². The summed E-state index contributed by atoms with van der Waals surface area (Å²) < 4.78 is 1.56. The number of imidazole rings is 1. The van der Waals surface area contributed by atoms with Crippen LogP contribution in [0, 0.1) is 0 Å². The molecule has 0 saturated heterocycles. The molecule has 22 heavy (non-hydrogen) atoms. The van der Waals surface area contributed by atoms with Crippen molar-refractivity contribution in [3.8, 4) is 0 Å². The lowest BCUT2D eigenvalue weighted by Gasteiger charge is -2.17. The summed E-state index contributed by atoms with van der Waals surface area (Å²) in [7, 11) is 0. The van der Waals surface area contributed by atoms with Crippen LogP contribution in [-0.2, 0) is 5.60 Å². The molecule has 1 atom stereocenters. The second-order valence-electron chi connectivity index (χ2n) is 5.87. The fourth-order valence-electron chi connectivity index (χ4n) is 2.43. The number of rotatable bonds is 3. The van der Waals surface area contributed by atoms with Gasteiger partial charge >= 0.3 is 5.69 Å². The minimum atomic E-state index is -1.12. The largest absolute Gasteiger partial charge is 0.384 e. The van der Waals surface area contributed by atoms with Crippen LogP contribution >= 0.6 is 0 Å². The first-order valence-corrected chi connectivity index (χ1v) is 7.13. The van der Waals surface area contributed by atoms with Crippen molar-refractivity contribution in [1.29, 1.82) is 0 Å². The van der Waals surface area contributed by atoms with E-state index in [1.807, 2.05) is 37.3 Å². The van der Waals surface area contributed by atoms with Gasteiger partial charge in [-0.15, -0.1) is 0 Å². The number of aromatic nitrogens is 4. The third kappa shape index (κ3) is 2.42. The van der Waals surface area contributed by atoms with Crippen molar-refractivity contribution in [3.05, 3.63) is 58.3 Å². The molecule has 0 fully saturated rings. The summed E-state index contributed by atoms with van der Waals surface area (Å²) >= 11 is 0. The minimum absolute atomic E-state index is 0.186. The highest BCUT2D eigenvalue weighted by Crippen LogP contribution is 2.22. The quantitative estimate of drug-likeness (QED) is 0.774. The van der Waals surface area contributed by atoms with E-state index in [2.05, 4.69) is 15.0 Å². The first-order chi connectivity index (χ1) is 10.4. The highest BCUT2D eigenvalue weighted by Gasteiger charge is 2.22. The van der Waals surface area contributed by atoms with Gasteiger partial charge in [0.05, 0.1) is 17.9 Å². The van der Waals surface area contributed by atoms with Crippen LogP contribution in [0.15, 0.2) is 41.3 Å². The maximum Gasteiger partial charge on any atom is 0.329 e. The highest BCUT2D eigenvalue weighted by atomic mass is 16.3. The van der Waals surface area contributed by atoms with Crippen molar-refractivity contribution in [1.82, 2.24) is 19.5 Å². The minimum Gasteiger partial charge on any atom is -0.384 e. The summed E-state index contributed by atoms with van der Waals surface area (Å²) in [6, 6.07) is 9.53. The maximum absolute atomic E-state index is 12.3. The van der Waals surface area contributed by atoms with Crippen LogP contribution in [0.25, 0.3) is 11.3 Å². The van der Waals surface area contributed by atoms with Crippen LogP contribution in [0.5, 0.6) is 0 Å². The van der Waals surface area contributed by atoms with E-state index in [0.717, 1.165) is 5.56 Å². The number of aromatic amines is 1. The molecule has 2 N–H and O–H groups in total. The van der Waals surface area contributed by atoms with E-state index in [0.29, 0.717) is 17.0 Å². The van der Waals surface area contributed by atoms with E-state index < -0.39 is 5.60 Å². The number of nitrogens with one attached hydrogen (secondary N) is 1. The summed E-state index contributed by atoms with van der Waals surface area (Å²) in [6.07, 6.45) is 1.48. The Morgan fingerprint density at radius 3 is 2.59 bits per heavy atom. The van der Waals surface area contributed by atoms with Crippen LogP contribution in [0.2, 0.25) is 0 Å². The molecule has 0 bridgehead atoms. The molecule has 1 aromatic carbocycles. The molecular weight excluding hydrogens is 280 g/mol. The van der Waals surface area contributed by atoms with Gasteiger partial charge in [-0.25, -0.2) is 14.8 Å². The van der Waals surface area contributed by atoms with E-state index in [4.69, 9.17) is 0 Å². The lowest BCUT2D eigenvalue weighted by atomic mass is 10.1. The van der Waals surface area contributed by atoms with Crippen LogP contribution in [-0.4, -0.2) is 24.6 Å². The number of aliphatic hydroxyl groups is 1. The molecule has 0 aliphatic carbocycles. The number of hydrogen-bond acceptors (Lipinski definition) is 4. The van der Waals surface area contributed by atoms with Crippen LogP contribution < -0.4 is 5.69 Å². The maximum atomic E-state index is 12.3. The average Bonchev–Trinajstić information content (AvgIpc) is 2.81. The molecule has 0 saturated carbocycles. The van der Waals surface area contributed by atoms with Gasteiger partial charge in [0.2, 0.25) is 0 Å². The number of fused-ring (bicyclic) bond motifs is 1. The molecule has 6 heteroatoms. The van der Waals surface area contributed by atoms with Crippen molar-refractivity contribution < 1.29 is 5.11 Å². The number of nitrogens with zero attached hydrogens (tertiary/aromatic N) is 3. The standard InChI is InChI=1S/C16H18N4O2/c1-10(11-7-5-4-6-8-11)20-14-13(19-15(20)21)17-9-12(18-14)16(2,3)22/h4-10,22H,1-3H3,(H,17,19,21)/t10-/m0/s1. The fourth-order valence-corrected chi connectivity index (χ4v) is 2.43. The molecule has 6 nitrogen and oxygen atoms in total. The number of benzene rings is 1. The van der Waals surface area contributed by atoms with Crippen molar-refractivity contribution in [3.63, 3.8) is 0 Å². The zero-order valence-electron chi connectivity index (χ0n) is 12.7. The molecule has 0 unspecified atom stereocenters. The van der Waals surface area contributed by atoms with Crippen LogP contribution in [0.1, 0.15) is 38.1 Å². The first kappa shape index (κ1) is 14.5. The Kier molecular flexibility index (Phi) is 3.33. The second kappa shape index (κ2) is 5.06. The van der Waals surface area contributed by atoms with Gasteiger partial charge in [-0.3, -0.25) is 9.55 Å². The third-order valence-electron chi connectivity index (χ3n) is 3.72. The summed E-state index contributed by atoms with van der Waals surface area (Å²) in [6.45, 7) is 5.21. The van der Waals surface area contributed by atoms with Gasteiger partial charge in [0.15, 0.2) is 11.3 Å². The van der Waals surface area contributed by atoms with Gasteiger partial charge in [0.1, 0.15) is 5.60 Å². The van der Waals surface area contributed by atoms with E-state index in [9.17, 15) is 9.90 Å². The molecule has 0 amide bonds. The Balaban J connectivity index is 2.20. The highest BCUT2D eigenvalue weighted by molar-refractivity contribution is 5.66. The summed E-state index contributed by atoms with van der Waals surface area (Å²) in [5, 5.41) is 10.1. The molecule has 3 aromatic rings. The van der Waals surface area contributed by atoms with Crippen molar-refractivity contribution in [2.75, 3.05) is 0 Å². The van der Waals surface area contributed by atoms with Gasteiger partial charge in [0.25, 0.3) is 0 Å². The third-order valence-corrected chi connectivity index (χ3v) is 3.72. The average molecular weight is 298 g/mol. The first-order valence-electron chi connectivity index (χ1n) is 7.13. The van der Waals surface area contributed by atoms with E-state index in [1.165, 1.54) is 6.20 Å². The van der Waals surface area contributed by atoms with Crippen molar-refractivity contribution in [2.45, 2.75) is 32.4 Å². The Hall–Kier alpha value is -2.47. The molecule has 0 aliphatic rings. The van der Waals surface area contributed by atoms with Crippen LogP contribution in [0.4, 0.5) is 0 Å². The van der Waals surface area contributed by atoms with Crippen LogP contribution in [0.3, 0.4) is 0 Å². The smallest absolute Gasteiger partial charge is 0.329 e. The zero-order chi connectivity index (χ0) is 15.9. The van der Waals surface area contributed by atoms with Gasteiger partial charge in [-0.1, -0.05) is 30.3 Å². The van der Waals surface area contributed by atoms with Gasteiger partial charge in [0, 0.05) is 0 Å². The monoisotopic (exact) mass is 298 g/mol. The molecule has 0 radical (unpaired) electrons. The molecular formula is C16H18N4O2. The predicted molar refractivity (Wildman–Crippen MR) is 83.6 cm³/mol. The number of H-pyrrole nitrogens is 1. The molecule has 114 valence electrons. The molecule has 2 aromatic heterocycles. The molecule has 2 heterocycles. The van der Waals surface area contributed by atoms with E-state index >= 15 is 0 Å². The zero-order valence-corrected chi connectivity index (χ0v) is 12.7. The lowest BCUT2D eigenvalue weighted by Crippen LogP contribution is -2.22. The van der Waals surface area contributed by atoms with Gasteiger partial charge in [-0.2, -0.15) is 0 Å². The number of hydrogen-bond donors (Lipinski definition) is 2. The molecule has 0 spiro atoms. The Morgan fingerprint density at radius 2 is 1.95 bits per heavy atom. The van der Waals surface area contributed by atoms with Gasteiger partial charge < -0.3 is 5.11 Å². The van der Waals surface area contributed by atoms with Crippen molar-refractivity contribution in [2.24, 2.45) is 0 Å².